The first-order chi connectivity index (χ1) is 12.7. The molecule has 0 bridgehead atoms. The van der Waals surface area contributed by atoms with Crippen molar-refractivity contribution in [2.45, 2.75) is 59.4 Å². The van der Waals surface area contributed by atoms with E-state index in [1.807, 2.05) is 25.3 Å². The van der Waals surface area contributed by atoms with E-state index >= 15 is 0 Å². The van der Waals surface area contributed by atoms with E-state index in [-0.39, 0.29) is 17.4 Å². The van der Waals surface area contributed by atoms with E-state index in [4.69, 9.17) is 0 Å². The summed E-state index contributed by atoms with van der Waals surface area (Å²) >= 11 is 0. The van der Waals surface area contributed by atoms with Crippen molar-refractivity contribution in [1.82, 2.24) is 15.6 Å². The molecule has 27 heavy (non-hydrogen) atoms. The molecular weight excluding hydrogens is 334 g/mol. The van der Waals surface area contributed by atoms with E-state index in [0.717, 1.165) is 12.0 Å². The minimum atomic E-state index is 0.0207. The quantitative estimate of drug-likeness (QED) is 0.777. The molecule has 146 valence electrons. The molecule has 0 saturated carbocycles. The second kappa shape index (κ2) is 9.14. The van der Waals surface area contributed by atoms with Crippen LogP contribution in [-0.4, -0.2) is 24.0 Å². The van der Waals surface area contributed by atoms with Gasteiger partial charge in [0.15, 0.2) is 0 Å². The maximum atomic E-state index is 12.1. The molecule has 2 N–H and O–H groups in total. The third-order valence-corrected chi connectivity index (χ3v) is 5.01. The van der Waals surface area contributed by atoms with Gasteiger partial charge in [-0.2, -0.15) is 0 Å². The van der Waals surface area contributed by atoms with Crippen LogP contribution in [0, 0.1) is 13.8 Å². The summed E-state index contributed by atoms with van der Waals surface area (Å²) in [4.78, 5) is 16.2. The largest absolute Gasteiger partial charge is 0.355 e. The summed E-state index contributed by atoms with van der Waals surface area (Å²) in [5.41, 5.74) is 6.53. The van der Waals surface area contributed by atoms with Gasteiger partial charge >= 0.3 is 0 Å². The Kier molecular flexibility index (Phi) is 7.14. The van der Waals surface area contributed by atoms with Crippen molar-refractivity contribution in [3.05, 3.63) is 64.5 Å². The lowest BCUT2D eigenvalue weighted by Crippen LogP contribution is -2.36. The Labute approximate surface area is 163 Å². The summed E-state index contributed by atoms with van der Waals surface area (Å²) < 4.78 is 0. The average Bonchev–Trinajstić information content (AvgIpc) is 2.61. The maximum Gasteiger partial charge on any atom is 0.233 e. The van der Waals surface area contributed by atoms with Crippen molar-refractivity contribution in [3.63, 3.8) is 0 Å². The van der Waals surface area contributed by atoms with E-state index in [1.165, 1.54) is 22.3 Å². The monoisotopic (exact) mass is 367 g/mol. The van der Waals surface area contributed by atoms with Gasteiger partial charge in [-0.3, -0.25) is 9.78 Å². The maximum absolute atomic E-state index is 12.1. The summed E-state index contributed by atoms with van der Waals surface area (Å²) in [5.74, 6) is 0.0207. The van der Waals surface area contributed by atoms with Crippen LogP contribution in [0.5, 0.6) is 0 Å². The fourth-order valence-corrected chi connectivity index (χ4v) is 3.21. The first-order valence-electron chi connectivity index (χ1n) is 9.69. The Morgan fingerprint density at radius 1 is 1.19 bits per heavy atom. The van der Waals surface area contributed by atoms with Gasteiger partial charge < -0.3 is 10.6 Å². The van der Waals surface area contributed by atoms with Crippen LogP contribution in [-0.2, 0) is 16.6 Å². The van der Waals surface area contributed by atoms with E-state index in [1.54, 1.807) is 6.20 Å². The molecule has 0 fully saturated rings. The van der Waals surface area contributed by atoms with Crippen LogP contribution in [0.25, 0.3) is 0 Å². The summed E-state index contributed by atoms with van der Waals surface area (Å²) in [5, 5.41) is 6.26. The fraction of sp³-hybridized carbons (Fsp3) is 0.478. The first-order valence-corrected chi connectivity index (χ1v) is 9.69. The molecule has 4 nitrogen and oxygen atoms in total. The molecule has 0 spiro atoms. The fourth-order valence-electron chi connectivity index (χ4n) is 3.21. The van der Waals surface area contributed by atoms with Crippen LogP contribution >= 0.6 is 0 Å². The Morgan fingerprint density at radius 3 is 2.41 bits per heavy atom. The van der Waals surface area contributed by atoms with Gasteiger partial charge in [0.25, 0.3) is 0 Å². The zero-order valence-corrected chi connectivity index (χ0v) is 17.5. The molecule has 2 rings (SSSR count). The number of nitrogens with one attached hydrogen (secondary N) is 2. The highest BCUT2D eigenvalue weighted by Gasteiger charge is 2.16. The zero-order chi connectivity index (χ0) is 20.0. The minimum Gasteiger partial charge on any atom is -0.355 e. The normalized spacial score (nSPS) is 12.7. The Balaban J connectivity index is 1.83. The lowest BCUT2D eigenvalue weighted by atomic mass is 9.83. The van der Waals surface area contributed by atoms with Crippen molar-refractivity contribution in [2.24, 2.45) is 0 Å². The second-order valence-corrected chi connectivity index (χ2v) is 8.33. The van der Waals surface area contributed by atoms with Gasteiger partial charge in [-0.1, -0.05) is 39.0 Å². The van der Waals surface area contributed by atoms with Gasteiger partial charge in [0.2, 0.25) is 5.91 Å². The summed E-state index contributed by atoms with van der Waals surface area (Å²) in [6, 6.07) is 8.57. The summed E-state index contributed by atoms with van der Waals surface area (Å²) in [7, 11) is 0. The van der Waals surface area contributed by atoms with Gasteiger partial charge in [-0.05, 0) is 66.5 Å². The number of rotatable bonds is 7. The number of nitrogens with zero attached hydrogens (tertiary/aromatic N) is 1. The number of carbonyl (C=O) groups is 1. The van der Waals surface area contributed by atoms with Crippen molar-refractivity contribution in [1.29, 1.82) is 0 Å². The molecule has 1 aromatic heterocycles. The van der Waals surface area contributed by atoms with Crippen molar-refractivity contribution >= 4 is 5.91 Å². The second-order valence-electron chi connectivity index (χ2n) is 8.33. The van der Waals surface area contributed by atoms with Gasteiger partial charge in [0, 0.05) is 25.0 Å². The molecule has 0 aliphatic rings. The molecule has 1 atom stereocenters. The highest BCUT2D eigenvalue weighted by atomic mass is 16.1. The van der Waals surface area contributed by atoms with Crippen LogP contribution < -0.4 is 10.6 Å². The number of hydrogen-bond acceptors (Lipinski definition) is 3. The topological polar surface area (TPSA) is 54.0 Å². The Bertz CT molecular complexity index is 740. The molecule has 1 amide bonds. The predicted octanol–water partition coefficient (Wildman–Crippen LogP) is 4.01. The lowest BCUT2D eigenvalue weighted by molar-refractivity contribution is -0.120. The lowest BCUT2D eigenvalue weighted by Gasteiger charge is -2.22. The molecule has 0 saturated heterocycles. The number of benzene rings is 1. The van der Waals surface area contributed by atoms with Gasteiger partial charge in [0.05, 0.1) is 6.54 Å². The number of carbonyl (C=O) groups excluding carboxylic acids is 1. The third kappa shape index (κ3) is 6.17. The van der Waals surface area contributed by atoms with Crippen LogP contribution in [0.1, 0.15) is 61.6 Å². The zero-order valence-electron chi connectivity index (χ0n) is 17.5. The van der Waals surface area contributed by atoms with Crippen molar-refractivity contribution in [3.8, 4) is 0 Å². The van der Waals surface area contributed by atoms with Crippen LogP contribution in [0.4, 0.5) is 0 Å². The number of aryl methyl sites for hydroxylation is 2. The van der Waals surface area contributed by atoms with Crippen molar-refractivity contribution in [2.75, 3.05) is 13.1 Å². The first kappa shape index (κ1) is 21.1. The van der Waals surface area contributed by atoms with E-state index in [9.17, 15) is 4.79 Å². The molecule has 0 aliphatic heterocycles. The van der Waals surface area contributed by atoms with Crippen LogP contribution in [0.15, 0.2) is 36.7 Å². The smallest absolute Gasteiger partial charge is 0.233 e. The number of pyridine rings is 1. The van der Waals surface area contributed by atoms with Gasteiger partial charge in [-0.15, -0.1) is 0 Å². The van der Waals surface area contributed by atoms with E-state index < -0.39 is 0 Å². The molecule has 0 aliphatic carbocycles. The predicted molar refractivity (Wildman–Crippen MR) is 112 cm³/mol. The number of hydrogen-bond donors (Lipinski definition) is 2. The standard InChI is InChI=1S/C23H33N3O/c1-16-12-20(23(4,5)6)13-17(2)21(16)9-11-25-22(27)15-26-18(3)19-8-7-10-24-14-19/h7-8,10,12-14,18,26H,9,11,15H2,1-6H3,(H,25,27). The molecular formula is C23H33N3O. The molecule has 1 unspecified atom stereocenters. The van der Waals surface area contributed by atoms with Crippen LogP contribution in [0.2, 0.25) is 0 Å². The minimum absolute atomic E-state index is 0.0207. The number of aromatic nitrogens is 1. The van der Waals surface area contributed by atoms with Gasteiger partial charge in [-0.25, -0.2) is 0 Å². The Hall–Kier alpha value is -2.20. The van der Waals surface area contributed by atoms with Gasteiger partial charge in [0.1, 0.15) is 0 Å². The molecule has 2 aromatic rings. The molecule has 1 heterocycles. The SMILES string of the molecule is Cc1cc(C(C)(C)C)cc(C)c1CCNC(=O)CNC(C)c1cccnc1. The average molecular weight is 368 g/mol. The molecule has 0 radical (unpaired) electrons. The third-order valence-electron chi connectivity index (χ3n) is 5.01. The van der Waals surface area contributed by atoms with E-state index in [2.05, 4.69) is 62.4 Å². The van der Waals surface area contributed by atoms with Crippen molar-refractivity contribution < 1.29 is 4.79 Å². The highest BCUT2D eigenvalue weighted by Crippen LogP contribution is 2.27. The number of amides is 1. The van der Waals surface area contributed by atoms with Crippen LogP contribution in [0.3, 0.4) is 0 Å². The Morgan fingerprint density at radius 2 is 1.85 bits per heavy atom. The van der Waals surface area contributed by atoms with E-state index in [0.29, 0.717) is 13.1 Å². The molecule has 1 aromatic carbocycles. The highest BCUT2D eigenvalue weighted by molar-refractivity contribution is 5.78. The molecule has 4 heteroatoms. The summed E-state index contributed by atoms with van der Waals surface area (Å²) in [6.07, 6.45) is 4.43. The summed E-state index contributed by atoms with van der Waals surface area (Å²) in [6.45, 7) is 14.0.